The maximum absolute atomic E-state index is 12.5. The molecule has 1 saturated heterocycles. The average molecular weight is 363 g/mol. The molecule has 1 aliphatic rings. The second kappa shape index (κ2) is 6.87. The zero-order chi connectivity index (χ0) is 19.0. The number of amides is 2. The molecule has 1 aliphatic heterocycles. The number of benzene rings is 2. The summed E-state index contributed by atoms with van der Waals surface area (Å²) in [5, 5.41) is 2.94. The van der Waals surface area contributed by atoms with Crippen LogP contribution < -0.4 is 10.2 Å². The van der Waals surface area contributed by atoms with Crippen molar-refractivity contribution in [3.63, 3.8) is 0 Å². The molecule has 2 aromatic carbocycles. The predicted octanol–water partition coefficient (Wildman–Crippen LogP) is 3.11. The number of hydrogen-bond acceptors (Lipinski definition) is 4. The molecule has 0 spiro atoms. The molecule has 138 valence electrons. The highest BCUT2D eigenvalue weighted by Crippen LogP contribution is 2.28. The molecule has 6 nitrogen and oxygen atoms in total. The second-order valence-corrected chi connectivity index (χ2v) is 6.99. The van der Waals surface area contributed by atoms with Crippen LogP contribution in [0.2, 0.25) is 0 Å². The first-order valence-electron chi connectivity index (χ1n) is 9.00. The Morgan fingerprint density at radius 3 is 2.78 bits per heavy atom. The first kappa shape index (κ1) is 17.3. The van der Waals surface area contributed by atoms with Crippen LogP contribution in [0.4, 0.5) is 5.69 Å². The van der Waals surface area contributed by atoms with Crippen LogP contribution in [-0.4, -0.2) is 23.3 Å². The minimum absolute atomic E-state index is 0.0509. The maximum atomic E-state index is 12.5. The minimum atomic E-state index is -0.349. The second-order valence-electron chi connectivity index (χ2n) is 6.99. The Morgan fingerprint density at radius 2 is 2.00 bits per heavy atom. The Bertz CT molecular complexity index is 1010. The fraction of sp³-hybridized carbons (Fsp3) is 0.286. The first-order chi connectivity index (χ1) is 13.0. The summed E-state index contributed by atoms with van der Waals surface area (Å²) in [5.41, 5.74) is 4.37. The third-order valence-electron chi connectivity index (χ3n) is 4.87. The summed E-state index contributed by atoms with van der Waals surface area (Å²) in [6, 6.07) is 13.5. The van der Waals surface area contributed by atoms with E-state index in [0.717, 1.165) is 11.3 Å². The first-order valence-corrected chi connectivity index (χ1v) is 9.00. The summed E-state index contributed by atoms with van der Waals surface area (Å²) in [5.74, 6) is 0.0933. The third-order valence-corrected chi connectivity index (χ3v) is 4.87. The molecule has 1 fully saturated rings. The summed E-state index contributed by atoms with van der Waals surface area (Å²) < 4.78 is 5.47. The van der Waals surface area contributed by atoms with E-state index in [1.807, 2.05) is 49.4 Å². The molecule has 0 unspecified atom stereocenters. The molecule has 6 heteroatoms. The van der Waals surface area contributed by atoms with Crippen LogP contribution in [0.1, 0.15) is 23.4 Å². The highest BCUT2D eigenvalue weighted by Gasteiger charge is 2.35. The van der Waals surface area contributed by atoms with E-state index in [1.54, 1.807) is 11.8 Å². The van der Waals surface area contributed by atoms with Gasteiger partial charge in [-0.05, 0) is 30.7 Å². The molecule has 0 aliphatic carbocycles. The van der Waals surface area contributed by atoms with E-state index in [2.05, 4.69) is 10.3 Å². The lowest BCUT2D eigenvalue weighted by Crippen LogP contribution is -2.32. The van der Waals surface area contributed by atoms with Crippen molar-refractivity contribution >= 4 is 28.6 Å². The number of rotatable bonds is 4. The summed E-state index contributed by atoms with van der Waals surface area (Å²) in [4.78, 5) is 30.9. The van der Waals surface area contributed by atoms with Crippen LogP contribution in [0, 0.1) is 19.8 Å². The van der Waals surface area contributed by atoms with E-state index in [-0.39, 0.29) is 24.2 Å². The number of fused-ring (bicyclic) bond motifs is 1. The molecule has 0 radical (unpaired) electrons. The van der Waals surface area contributed by atoms with Gasteiger partial charge in [-0.1, -0.05) is 29.8 Å². The van der Waals surface area contributed by atoms with Crippen LogP contribution in [0.25, 0.3) is 11.1 Å². The lowest BCUT2D eigenvalue weighted by molar-refractivity contribution is -0.126. The summed E-state index contributed by atoms with van der Waals surface area (Å²) in [6.07, 6.45) is 0.218. The van der Waals surface area contributed by atoms with Crippen molar-refractivity contribution in [3.05, 3.63) is 59.5 Å². The van der Waals surface area contributed by atoms with Gasteiger partial charge in [-0.2, -0.15) is 0 Å². The van der Waals surface area contributed by atoms with Crippen molar-refractivity contribution < 1.29 is 14.0 Å². The highest BCUT2D eigenvalue weighted by atomic mass is 16.3. The summed E-state index contributed by atoms with van der Waals surface area (Å²) in [6.45, 7) is 4.66. The Kier molecular flexibility index (Phi) is 4.39. The fourth-order valence-electron chi connectivity index (χ4n) is 3.37. The van der Waals surface area contributed by atoms with Gasteiger partial charge in [0.1, 0.15) is 5.52 Å². The standard InChI is InChI=1S/C21H21N3O3/c1-13-3-5-15(6-4-13)11-22-21(26)16-9-20(25)24(12-16)17-7-8-19-18(10-17)23-14(2)27-19/h3-8,10,16H,9,11-12H2,1-2H3,(H,22,26)/t16-/m1/s1. The monoisotopic (exact) mass is 363 g/mol. The normalized spacial score (nSPS) is 16.9. The minimum Gasteiger partial charge on any atom is -0.441 e. The van der Waals surface area contributed by atoms with Crippen molar-refractivity contribution in [2.45, 2.75) is 26.8 Å². The zero-order valence-electron chi connectivity index (χ0n) is 15.4. The molecule has 2 amide bonds. The smallest absolute Gasteiger partial charge is 0.227 e. The molecule has 4 rings (SSSR count). The lowest BCUT2D eigenvalue weighted by Gasteiger charge is -2.16. The maximum Gasteiger partial charge on any atom is 0.227 e. The van der Waals surface area contributed by atoms with Crippen LogP contribution in [0.15, 0.2) is 46.9 Å². The molecular weight excluding hydrogens is 342 g/mol. The van der Waals surface area contributed by atoms with E-state index < -0.39 is 0 Å². The quantitative estimate of drug-likeness (QED) is 0.773. The summed E-state index contributed by atoms with van der Waals surface area (Å²) >= 11 is 0. The zero-order valence-corrected chi connectivity index (χ0v) is 15.4. The molecule has 1 aromatic heterocycles. The Morgan fingerprint density at radius 1 is 1.22 bits per heavy atom. The predicted molar refractivity (Wildman–Crippen MR) is 102 cm³/mol. The van der Waals surface area contributed by atoms with Gasteiger partial charge < -0.3 is 14.6 Å². The molecule has 1 atom stereocenters. The van der Waals surface area contributed by atoms with Gasteiger partial charge in [0.2, 0.25) is 11.8 Å². The van der Waals surface area contributed by atoms with Gasteiger partial charge >= 0.3 is 0 Å². The van der Waals surface area contributed by atoms with Crippen molar-refractivity contribution in [2.75, 3.05) is 11.4 Å². The van der Waals surface area contributed by atoms with Gasteiger partial charge in [-0.25, -0.2) is 4.98 Å². The number of nitrogens with one attached hydrogen (secondary N) is 1. The summed E-state index contributed by atoms with van der Waals surface area (Å²) in [7, 11) is 0. The average Bonchev–Trinajstić information content (AvgIpc) is 3.22. The number of aryl methyl sites for hydroxylation is 2. The lowest BCUT2D eigenvalue weighted by atomic mass is 10.1. The van der Waals surface area contributed by atoms with E-state index in [4.69, 9.17) is 4.42 Å². The van der Waals surface area contributed by atoms with E-state index in [0.29, 0.717) is 30.1 Å². The van der Waals surface area contributed by atoms with Crippen molar-refractivity contribution in [1.82, 2.24) is 10.3 Å². The third kappa shape index (κ3) is 3.56. The number of nitrogens with zero attached hydrogens (tertiary/aromatic N) is 2. The van der Waals surface area contributed by atoms with Crippen molar-refractivity contribution in [3.8, 4) is 0 Å². The fourth-order valence-corrected chi connectivity index (χ4v) is 3.37. The molecular formula is C21H21N3O3. The number of carbonyl (C=O) groups excluding carboxylic acids is 2. The van der Waals surface area contributed by atoms with E-state index in [9.17, 15) is 9.59 Å². The van der Waals surface area contributed by atoms with Gasteiger partial charge in [0.15, 0.2) is 11.5 Å². The van der Waals surface area contributed by atoms with Crippen LogP contribution in [0.5, 0.6) is 0 Å². The van der Waals surface area contributed by atoms with E-state index >= 15 is 0 Å². The molecule has 27 heavy (non-hydrogen) atoms. The molecule has 1 N–H and O–H groups in total. The SMILES string of the molecule is Cc1ccc(CNC(=O)[C@@H]2CC(=O)N(c3ccc4oc(C)nc4c3)C2)cc1. The Hall–Kier alpha value is -3.15. The van der Waals surface area contributed by atoms with Gasteiger partial charge in [0, 0.05) is 32.1 Å². The van der Waals surface area contributed by atoms with Crippen molar-refractivity contribution in [1.29, 1.82) is 0 Å². The largest absolute Gasteiger partial charge is 0.441 e. The van der Waals surface area contributed by atoms with Crippen LogP contribution >= 0.6 is 0 Å². The molecule has 2 heterocycles. The highest BCUT2D eigenvalue weighted by molar-refractivity contribution is 6.01. The van der Waals surface area contributed by atoms with Gasteiger partial charge in [0.25, 0.3) is 0 Å². The van der Waals surface area contributed by atoms with Crippen molar-refractivity contribution in [2.24, 2.45) is 5.92 Å². The van der Waals surface area contributed by atoms with Gasteiger partial charge in [-0.3, -0.25) is 9.59 Å². The topological polar surface area (TPSA) is 75.4 Å². The van der Waals surface area contributed by atoms with Crippen LogP contribution in [-0.2, 0) is 16.1 Å². The Balaban J connectivity index is 1.42. The van der Waals surface area contributed by atoms with Gasteiger partial charge in [-0.15, -0.1) is 0 Å². The molecule has 0 saturated carbocycles. The molecule has 0 bridgehead atoms. The van der Waals surface area contributed by atoms with E-state index in [1.165, 1.54) is 5.56 Å². The molecule has 3 aromatic rings. The van der Waals surface area contributed by atoms with Gasteiger partial charge in [0.05, 0.1) is 5.92 Å². The number of carbonyl (C=O) groups is 2. The Labute approximate surface area is 157 Å². The number of oxazole rings is 1. The number of aromatic nitrogens is 1. The number of anilines is 1. The van der Waals surface area contributed by atoms with Crippen LogP contribution in [0.3, 0.4) is 0 Å². The number of hydrogen-bond donors (Lipinski definition) is 1.